The van der Waals surface area contributed by atoms with E-state index in [4.69, 9.17) is 0 Å². The molecule has 3 rings (SSSR count). The predicted molar refractivity (Wildman–Crippen MR) is 110 cm³/mol. The quantitative estimate of drug-likeness (QED) is 0.647. The van der Waals surface area contributed by atoms with Gasteiger partial charge < -0.3 is 19.7 Å². The zero-order chi connectivity index (χ0) is 19.2. The van der Waals surface area contributed by atoms with Crippen LogP contribution in [0.15, 0.2) is 29.3 Å². The lowest BCUT2D eigenvalue weighted by molar-refractivity contribution is 0.474. The Morgan fingerprint density at radius 3 is 2.44 bits per heavy atom. The first kappa shape index (κ1) is 19.2. The molecule has 27 heavy (non-hydrogen) atoms. The summed E-state index contributed by atoms with van der Waals surface area (Å²) in [4.78, 5) is 9.00. The summed E-state index contributed by atoms with van der Waals surface area (Å²) in [5.41, 5.74) is 2.61. The smallest absolute Gasteiger partial charge is 0.194 e. The van der Waals surface area contributed by atoms with Gasteiger partial charge in [-0.25, -0.2) is 0 Å². The fourth-order valence-corrected chi connectivity index (χ4v) is 3.46. The number of aromatic nitrogens is 3. The summed E-state index contributed by atoms with van der Waals surface area (Å²) in [7, 11) is 5.83. The van der Waals surface area contributed by atoms with E-state index in [2.05, 4.69) is 61.6 Å². The molecule has 0 bridgehead atoms. The topological polar surface area (TPSA) is 61.6 Å². The summed E-state index contributed by atoms with van der Waals surface area (Å²) >= 11 is 0. The lowest BCUT2D eigenvalue weighted by atomic mass is 10.1. The van der Waals surface area contributed by atoms with E-state index in [0.717, 1.165) is 24.2 Å². The molecule has 7 heteroatoms. The van der Waals surface area contributed by atoms with E-state index in [0.29, 0.717) is 6.54 Å². The van der Waals surface area contributed by atoms with Crippen molar-refractivity contribution in [1.82, 2.24) is 25.0 Å². The molecular weight excluding hydrogens is 338 g/mol. The van der Waals surface area contributed by atoms with E-state index in [-0.39, 0.29) is 0 Å². The van der Waals surface area contributed by atoms with Crippen LogP contribution in [0.5, 0.6) is 0 Å². The van der Waals surface area contributed by atoms with Crippen molar-refractivity contribution in [1.29, 1.82) is 0 Å². The minimum absolute atomic E-state index is 0.599. The average Bonchev–Trinajstić information content (AvgIpc) is 3.02. The van der Waals surface area contributed by atoms with Gasteiger partial charge in [-0.1, -0.05) is 12.1 Å². The van der Waals surface area contributed by atoms with Crippen LogP contribution in [0.25, 0.3) is 0 Å². The highest BCUT2D eigenvalue weighted by Crippen LogP contribution is 2.20. The maximum absolute atomic E-state index is 4.39. The first-order chi connectivity index (χ1) is 13.1. The Balaban J connectivity index is 1.56. The molecule has 1 aliphatic heterocycles. The summed E-state index contributed by atoms with van der Waals surface area (Å²) in [6.07, 6.45) is 3.97. The molecule has 7 nitrogen and oxygen atoms in total. The van der Waals surface area contributed by atoms with Crippen LogP contribution in [-0.4, -0.2) is 52.8 Å². The Morgan fingerprint density at radius 1 is 1.15 bits per heavy atom. The highest BCUT2D eigenvalue weighted by atomic mass is 15.3. The van der Waals surface area contributed by atoms with Gasteiger partial charge in [-0.2, -0.15) is 0 Å². The molecule has 1 saturated heterocycles. The molecule has 0 spiro atoms. The number of nitrogens with zero attached hydrogens (tertiary/aromatic N) is 6. The molecule has 0 aliphatic carbocycles. The van der Waals surface area contributed by atoms with Crippen molar-refractivity contribution in [2.75, 3.05) is 32.1 Å². The lowest BCUT2D eigenvalue weighted by Crippen LogP contribution is -2.38. The zero-order valence-electron chi connectivity index (χ0n) is 16.9. The predicted octanol–water partition coefficient (Wildman–Crippen LogP) is 2.32. The summed E-state index contributed by atoms with van der Waals surface area (Å²) in [5, 5.41) is 11.7. The minimum Gasteiger partial charge on any atom is -0.372 e. The highest BCUT2D eigenvalue weighted by Gasteiger charge is 2.12. The first-order valence-electron chi connectivity index (χ1n) is 9.69. The Labute approximate surface area is 162 Å². The van der Waals surface area contributed by atoms with Crippen molar-refractivity contribution < 1.29 is 0 Å². The second kappa shape index (κ2) is 8.88. The van der Waals surface area contributed by atoms with Crippen molar-refractivity contribution in [3.05, 3.63) is 41.5 Å². The van der Waals surface area contributed by atoms with Gasteiger partial charge in [0.05, 0.1) is 6.54 Å². The van der Waals surface area contributed by atoms with Crippen molar-refractivity contribution in [2.24, 2.45) is 12.0 Å². The molecule has 1 aliphatic rings. The number of aliphatic imine (C=N–C) groups is 1. The van der Waals surface area contributed by atoms with Gasteiger partial charge >= 0.3 is 0 Å². The number of hydrogen-bond donors (Lipinski definition) is 1. The number of aryl methyl sites for hydroxylation is 1. The number of guanidine groups is 1. The molecule has 1 N–H and O–H groups in total. The molecule has 0 atom stereocenters. The number of hydrogen-bond acceptors (Lipinski definition) is 4. The number of piperidine rings is 1. The summed E-state index contributed by atoms with van der Waals surface area (Å²) < 4.78 is 1.99. The summed E-state index contributed by atoms with van der Waals surface area (Å²) in [6, 6.07) is 8.93. The maximum atomic E-state index is 4.39. The van der Waals surface area contributed by atoms with Crippen LogP contribution in [0.1, 0.15) is 36.5 Å². The highest BCUT2D eigenvalue weighted by molar-refractivity contribution is 5.79. The molecular formula is C20H31N7. The van der Waals surface area contributed by atoms with Crippen LogP contribution >= 0.6 is 0 Å². The molecule has 0 amide bonds. The Morgan fingerprint density at radius 2 is 1.85 bits per heavy atom. The molecule has 2 heterocycles. The molecule has 1 aromatic carbocycles. The zero-order valence-corrected chi connectivity index (χ0v) is 16.9. The molecule has 0 unspecified atom stereocenters. The number of benzene rings is 1. The van der Waals surface area contributed by atoms with Crippen molar-refractivity contribution in [3.63, 3.8) is 0 Å². The standard InChI is InChI=1S/C20H31N7/c1-16-23-24-19(26(16)4)14-22-20(21-2)25(3)15-17-8-10-18(11-9-17)27-12-6-5-7-13-27/h8-11H,5-7,12-15H2,1-4H3,(H,21,22). The van der Waals surface area contributed by atoms with E-state index in [1.54, 1.807) is 7.05 Å². The SMILES string of the molecule is CN=C(NCc1nnc(C)n1C)N(C)Cc1ccc(N2CCCCC2)cc1. The van der Waals surface area contributed by atoms with Crippen LogP contribution in [0, 0.1) is 6.92 Å². The van der Waals surface area contributed by atoms with E-state index in [1.165, 1.54) is 43.6 Å². The fourth-order valence-electron chi connectivity index (χ4n) is 3.46. The Bertz CT molecular complexity index is 757. The molecule has 2 aromatic rings. The van der Waals surface area contributed by atoms with Gasteiger partial charge in [0.25, 0.3) is 0 Å². The van der Waals surface area contributed by atoms with Crippen molar-refractivity contribution >= 4 is 11.6 Å². The van der Waals surface area contributed by atoms with E-state index >= 15 is 0 Å². The van der Waals surface area contributed by atoms with Gasteiger partial charge in [-0.15, -0.1) is 10.2 Å². The third-order valence-electron chi connectivity index (χ3n) is 5.24. The first-order valence-corrected chi connectivity index (χ1v) is 9.69. The van der Waals surface area contributed by atoms with Gasteiger partial charge in [-0.05, 0) is 43.9 Å². The molecule has 146 valence electrons. The molecule has 0 radical (unpaired) electrons. The lowest BCUT2D eigenvalue weighted by Gasteiger charge is -2.29. The van der Waals surface area contributed by atoms with Crippen molar-refractivity contribution in [3.8, 4) is 0 Å². The monoisotopic (exact) mass is 369 g/mol. The summed E-state index contributed by atoms with van der Waals surface area (Å²) in [6.45, 7) is 5.71. The Hall–Kier alpha value is -2.57. The van der Waals surface area contributed by atoms with Crippen LogP contribution in [0.2, 0.25) is 0 Å². The average molecular weight is 370 g/mol. The fraction of sp³-hybridized carbons (Fsp3) is 0.550. The van der Waals surface area contributed by atoms with Crippen LogP contribution in [0.3, 0.4) is 0 Å². The van der Waals surface area contributed by atoms with Gasteiger partial charge in [0.2, 0.25) is 0 Å². The van der Waals surface area contributed by atoms with Gasteiger partial charge in [0, 0.05) is 46.5 Å². The Kier molecular flexibility index (Phi) is 6.32. The minimum atomic E-state index is 0.599. The number of nitrogens with one attached hydrogen (secondary N) is 1. The van der Waals surface area contributed by atoms with Crippen molar-refractivity contribution in [2.45, 2.75) is 39.3 Å². The van der Waals surface area contributed by atoms with Gasteiger partial charge in [0.1, 0.15) is 5.82 Å². The third kappa shape index (κ3) is 4.78. The number of anilines is 1. The largest absolute Gasteiger partial charge is 0.372 e. The van der Waals surface area contributed by atoms with E-state index in [1.807, 2.05) is 18.5 Å². The second-order valence-corrected chi connectivity index (χ2v) is 7.19. The molecule has 1 fully saturated rings. The second-order valence-electron chi connectivity index (χ2n) is 7.19. The normalized spacial score (nSPS) is 15.1. The molecule has 0 saturated carbocycles. The molecule has 1 aromatic heterocycles. The van der Waals surface area contributed by atoms with Gasteiger partial charge in [-0.3, -0.25) is 4.99 Å². The third-order valence-corrected chi connectivity index (χ3v) is 5.24. The summed E-state index contributed by atoms with van der Waals surface area (Å²) in [5.74, 6) is 2.65. The maximum Gasteiger partial charge on any atom is 0.194 e. The number of rotatable bonds is 5. The van der Waals surface area contributed by atoms with Gasteiger partial charge in [0.15, 0.2) is 11.8 Å². The van der Waals surface area contributed by atoms with E-state index in [9.17, 15) is 0 Å². The van der Waals surface area contributed by atoms with E-state index < -0.39 is 0 Å². The van der Waals surface area contributed by atoms with Crippen LogP contribution < -0.4 is 10.2 Å². The van der Waals surface area contributed by atoms with Crippen LogP contribution in [0.4, 0.5) is 5.69 Å². The van der Waals surface area contributed by atoms with Crippen LogP contribution in [-0.2, 0) is 20.1 Å².